The van der Waals surface area contributed by atoms with Gasteiger partial charge in [0, 0.05) is 29.9 Å². The normalized spacial score (nSPS) is 16.6. The topological polar surface area (TPSA) is 134 Å². The quantitative estimate of drug-likeness (QED) is 0.357. The Balaban J connectivity index is 0.000000757. The molecule has 2 N–H and O–H groups in total. The number of benzene rings is 2. The molecule has 38 heavy (non-hydrogen) atoms. The van der Waals surface area contributed by atoms with Crippen LogP contribution in [0.1, 0.15) is 31.6 Å². The van der Waals surface area contributed by atoms with Gasteiger partial charge in [-0.1, -0.05) is 37.6 Å². The van der Waals surface area contributed by atoms with Gasteiger partial charge in [0.2, 0.25) is 0 Å². The SMILES string of the molecule is CCN(CC)CCN1C(=O)C(OC(C)=O)C(c2ccc(OC)cc2)Sc2cc(Cl)ccc21.O=C(O)C(=O)O. The number of rotatable bonds is 8. The highest BCUT2D eigenvalue weighted by atomic mass is 35.5. The van der Waals surface area contributed by atoms with E-state index in [1.165, 1.54) is 18.7 Å². The molecule has 0 radical (unpaired) electrons. The second-order valence-electron chi connectivity index (χ2n) is 8.08. The monoisotopic (exact) mass is 566 g/mol. The van der Waals surface area contributed by atoms with Gasteiger partial charge in [-0.2, -0.15) is 0 Å². The lowest BCUT2D eigenvalue weighted by Crippen LogP contribution is -2.45. The summed E-state index contributed by atoms with van der Waals surface area (Å²) in [5.74, 6) is -3.66. The van der Waals surface area contributed by atoms with Crippen molar-refractivity contribution >= 4 is 52.9 Å². The number of carbonyl (C=O) groups is 4. The molecule has 3 rings (SSSR count). The van der Waals surface area contributed by atoms with E-state index >= 15 is 0 Å². The van der Waals surface area contributed by atoms with Crippen LogP contribution >= 0.6 is 23.4 Å². The fourth-order valence-corrected chi connectivity index (χ4v) is 5.34. The third kappa shape index (κ3) is 8.37. The molecule has 2 aromatic carbocycles. The number of hydrogen-bond donors (Lipinski definition) is 2. The molecule has 0 bridgehead atoms. The summed E-state index contributed by atoms with van der Waals surface area (Å²) >= 11 is 7.80. The summed E-state index contributed by atoms with van der Waals surface area (Å²) in [5.41, 5.74) is 1.65. The first-order chi connectivity index (χ1) is 18.0. The smallest absolute Gasteiger partial charge is 0.414 e. The molecule has 0 fully saturated rings. The van der Waals surface area contributed by atoms with Crippen molar-refractivity contribution in [2.75, 3.05) is 38.2 Å². The molecule has 0 aromatic heterocycles. The minimum atomic E-state index is -1.82. The average molecular weight is 567 g/mol. The Kier molecular flexibility index (Phi) is 11.9. The first-order valence-electron chi connectivity index (χ1n) is 11.8. The van der Waals surface area contributed by atoms with Crippen molar-refractivity contribution in [2.24, 2.45) is 0 Å². The Morgan fingerprint density at radius 2 is 1.66 bits per heavy atom. The highest BCUT2D eigenvalue weighted by Gasteiger charge is 2.41. The van der Waals surface area contributed by atoms with Crippen molar-refractivity contribution in [3.05, 3.63) is 53.1 Å². The summed E-state index contributed by atoms with van der Waals surface area (Å²) in [4.78, 5) is 48.8. The number of nitrogens with zero attached hydrogens (tertiary/aromatic N) is 2. The number of carboxylic acid groups (broad SMARTS) is 2. The third-order valence-electron chi connectivity index (χ3n) is 5.71. The molecule has 10 nitrogen and oxygen atoms in total. The van der Waals surface area contributed by atoms with Gasteiger partial charge in [-0.3, -0.25) is 9.59 Å². The summed E-state index contributed by atoms with van der Waals surface area (Å²) in [5, 5.41) is 14.9. The van der Waals surface area contributed by atoms with Crippen LogP contribution in [-0.2, 0) is 23.9 Å². The van der Waals surface area contributed by atoms with Crippen molar-refractivity contribution in [1.29, 1.82) is 0 Å². The zero-order chi connectivity index (χ0) is 28.4. The number of ether oxygens (including phenoxy) is 2. The molecule has 2 aromatic rings. The van der Waals surface area contributed by atoms with Crippen LogP contribution in [0.3, 0.4) is 0 Å². The Hall–Kier alpha value is -3.28. The molecule has 0 saturated heterocycles. The van der Waals surface area contributed by atoms with E-state index in [9.17, 15) is 9.59 Å². The summed E-state index contributed by atoms with van der Waals surface area (Å²) in [6, 6.07) is 13.0. The van der Waals surface area contributed by atoms with Gasteiger partial charge in [0.25, 0.3) is 5.91 Å². The summed E-state index contributed by atoms with van der Waals surface area (Å²) in [7, 11) is 1.60. The van der Waals surface area contributed by atoms with E-state index < -0.39 is 29.3 Å². The van der Waals surface area contributed by atoms with E-state index in [4.69, 9.17) is 40.9 Å². The van der Waals surface area contributed by atoms with Crippen molar-refractivity contribution in [3.63, 3.8) is 0 Å². The molecule has 1 heterocycles. The largest absolute Gasteiger partial charge is 0.497 e. The maximum atomic E-state index is 13.8. The average Bonchev–Trinajstić information content (AvgIpc) is 2.99. The number of thioether (sulfide) groups is 1. The van der Waals surface area contributed by atoms with Gasteiger partial charge in [0.15, 0.2) is 6.10 Å². The van der Waals surface area contributed by atoms with Crippen molar-refractivity contribution in [3.8, 4) is 5.75 Å². The van der Waals surface area contributed by atoms with E-state index in [2.05, 4.69) is 18.7 Å². The fraction of sp³-hybridized carbons (Fsp3) is 0.385. The Labute approximate surface area is 230 Å². The number of fused-ring (bicyclic) bond motifs is 1. The molecule has 0 aliphatic carbocycles. The third-order valence-corrected chi connectivity index (χ3v) is 7.29. The summed E-state index contributed by atoms with van der Waals surface area (Å²) < 4.78 is 10.9. The molecule has 2 atom stereocenters. The second-order valence-corrected chi connectivity index (χ2v) is 9.70. The number of halogens is 1. The Morgan fingerprint density at radius 3 is 2.16 bits per heavy atom. The van der Waals surface area contributed by atoms with Crippen LogP contribution in [0.2, 0.25) is 5.02 Å². The van der Waals surface area contributed by atoms with Crippen molar-refractivity contribution in [1.82, 2.24) is 4.90 Å². The molecule has 12 heteroatoms. The van der Waals surface area contributed by atoms with Gasteiger partial charge < -0.3 is 29.5 Å². The number of likely N-dealkylation sites (N-methyl/N-ethyl adjacent to an activating group) is 1. The highest BCUT2D eigenvalue weighted by molar-refractivity contribution is 7.99. The van der Waals surface area contributed by atoms with Crippen LogP contribution in [0.5, 0.6) is 5.75 Å². The molecule has 206 valence electrons. The van der Waals surface area contributed by atoms with Crippen molar-refractivity contribution < 1.29 is 38.9 Å². The number of anilines is 1. The van der Waals surface area contributed by atoms with Crippen LogP contribution in [0.25, 0.3) is 0 Å². The zero-order valence-corrected chi connectivity index (χ0v) is 23.1. The maximum Gasteiger partial charge on any atom is 0.414 e. The van der Waals surface area contributed by atoms with E-state index in [-0.39, 0.29) is 5.91 Å². The predicted octanol–water partition coefficient (Wildman–Crippen LogP) is 3.96. The molecule has 0 spiro atoms. The first kappa shape index (κ1) is 30.9. The lowest BCUT2D eigenvalue weighted by molar-refractivity contribution is -0.159. The number of amides is 1. The Morgan fingerprint density at radius 1 is 1.05 bits per heavy atom. The van der Waals surface area contributed by atoms with Crippen LogP contribution in [-0.4, -0.2) is 78.3 Å². The molecular weight excluding hydrogens is 536 g/mol. The molecule has 2 unspecified atom stereocenters. The number of methoxy groups -OCH3 is 1. The number of carboxylic acids is 2. The molecular formula is C26H31ClN2O8S. The van der Waals surface area contributed by atoms with Gasteiger partial charge in [-0.05, 0) is 49.0 Å². The molecule has 1 amide bonds. The van der Waals surface area contributed by atoms with Crippen LogP contribution in [0.15, 0.2) is 47.4 Å². The lowest BCUT2D eigenvalue weighted by Gasteiger charge is -2.29. The lowest BCUT2D eigenvalue weighted by atomic mass is 10.1. The van der Waals surface area contributed by atoms with Crippen LogP contribution in [0, 0.1) is 0 Å². The van der Waals surface area contributed by atoms with E-state index in [1.807, 2.05) is 36.4 Å². The van der Waals surface area contributed by atoms with Crippen molar-refractivity contribution in [2.45, 2.75) is 37.0 Å². The van der Waals surface area contributed by atoms with E-state index in [1.54, 1.807) is 18.1 Å². The Bertz CT molecular complexity index is 1130. The fourth-order valence-electron chi connectivity index (χ4n) is 3.75. The highest BCUT2D eigenvalue weighted by Crippen LogP contribution is 2.47. The van der Waals surface area contributed by atoms with Crippen LogP contribution < -0.4 is 9.64 Å². The van der Waals surface area contributed by atoms with Gasteiger partial charge in [-0.25, -0.2) is 9.59 Å². The van der Waals surface area contributed by atoms with Gasteiger partial charge in [-0.15, -0.1) is 11.8 Å². The molecule has 1 aliphatic heterocycles. The predicted molar refractivity (Wildman–Crippen MR) is 144 cm³/mol. The van der Waals surface area contributed by atoms with Crippen LogP contribution in [0.4, 0.5) is 5.69 Å². The number of esters is 1. The van der Waals surface area contributed by atoms with Gasteiger partial charge >= 0.3 is 17.9 Å². The second kappa shape index (κ2) is 14.6. The number of hydrogen-bond acceptors (Lipinski definition) is 8. The van der Waals surface area contributed by atoms with Gasteiger partial charge in [0.1, 0.15) is 5.75 Å². The summed E-state index contributed by atoms with van der Waals surface area (Å²) in [6.45, 7) is 8.51. The number of carbonyl (C=O) groups excluding carboxylic acids is 2. The minimum Gasteiger partial charge on any atom is -0.497 e. The molecule has 1 aliphatic rings. The number of aliphatic carboxylic acids is 2. The maximum absolute atomic E-state index is 13.8. The summed E-state index contributed by atoms with van der Waals surface area (Å²) in [6.07, 6.45) is -0.964. The first-order valence-corrected chi connectivity index (χ1v) is 13.0. The zero-order valence-electron chi connectivity index (χ0n) is 21.5. The van der Waals surface area contributed by atoms with E-state index in [0.717, 1.165) is 29.2 Å². The minimum absolute atomic E-state index is 0.234. The molecule has 0 saturated carbocycles. The van der Waals surface area contributed by atoms with E-state index in [0.29, 0.717) is 23.9 Å². The standard InChI is InChI=1S/C24H29ClN2O4S.C2H2O4/c1-5-26(6-2)13-14-27-20-12-9-18(25)15-21(20)32-23(22(24(27)29)31-16(3)28)17-7-10-19(30-4)11-8-17;3-1(4)2(5)6/h7-12,15,22-23H,5-6,13-14H2,1-4H3;(H,3,4)(H,5,6). The van der Waals surface area contributed by atoms with Gasteiger partial charge in [0.05, 0.1) is 18.0 Å².